The average molecular weight is 536 g/mol. The van der Waals surface area contributed by atoms with Gasteiger partial charge in [0.05, 0.1) is 13.2 Å². The number of benzene rings is 3. The number of nitrogens with two attached hydrogens (primary N) is 1. The summed E-state index contributed by atoms with van der Waals surface area (Å²) in [5.74, 6) is 0.206. The number of amides is 2. The van der Waals surface area contributed by atoms with E-state index in [4.69, 9.17) is 19.9 Å². The summed E-state index contributed by atoms with van der Waals surface area (Å²) in [7, 11) is 0. The van der Waals surface area contributed by atoms with E-state index in [-0.39, 0.29) is 18.4 Å². The van der Waals surface area contributed by atoms with Crippen molar-refractivity contribution in [1.29, 1.82) is 0 Å². The monoisotopic (exact) mass is 535 g/mol. The zero-order valence-electron chi connectivity index (χ0n) is 22.1. The number of ether oxygens (including phenoxy) is 3. The lowest BCUT2D eigenvalue weighted by Gasteiger charge is -2.17. The Morgan fingerprint density at radius 1 is 1.05 bits per heavy atom. The minimum atomic E-state index is -0.566. The Kier molecular flexibility index (Phi) is 6.92. The van der Waals surface area contributed by atoms with Crippen molar-refractivity contribution in [3.63, 3.8) is 0 Å². The van der Waals surface area contributed by atoms with Crippen molar-refractivity contribution in [3.05, 3.63) is 101 Å². The van der Waals surface area contributed by atoms with Crippen molar-refractivity contribution in [1.82, 2.24) is 4.98 Å². The number of hydrogen-bond donors (Lipinski definition) is 2. The van der Waals surface area contributed by atoms with Gasteiger partial charge in [0, 0.05) is 30.3 Å². The molecule has 40 heavy (non-hydrogen) atoms. The highest BCUT2D eigenvalue weighted by Crippen LogP contribution is 2.46. The maximum absolute atomic E-state index is 12.6. The number of rotatable bonds is 7. The molecule has 0 spiro atoms. The lowest BCUT2D eigenvalue weighted by atomic mass is 9.92. The second kappa shape index (κ2) is 10.8. The molecule has 3 aromatic carbocycles. The van der Waals surface area contributed by atoms with Gasteiger partial charge in [0.2, 0.25) is 0 Å². The highest BCUT2D eigenvalue weighted by Gasteiger charge is 2.29. The Bertz CT molecular complexity index is 1600. The van der Waals surface area contributed by atoms with Crippen molar-refractivity contribution in [2.75, 3.05) is 18.5 Å². The van der Waals surface area contributed by atoms with Crippen LogP contribution in [0.25, 0.3) is 22.3 Å². The molecule has 1 atom stereocenters. The fourth-order valence-corrected chi connectivity index (χ4v) is 5.40. The Labute approximate surface area is 232 Å². The Morgan fingerprint density at radius 3 is 2.67 bits per heavy atom. The molecule has 3 N–H and O–H groups in total. The van der Waals surface area contributed by atoms with E-state index in [0.717, 1.165) is 56.7 Å². The SMILES string of the molecule is Cc1c(NC(=O)OCc2ccccc2)cccc1-c1cnc(C(N)=O)c2c1-c1ccc(OC3CCOC3)cc1C2. The molecular formula is C32H29N3O5. The minimum absolute atomic E-state index is 0.0394. The Hall–Kier alpha value is -4.69. The topological polar surface area (TPSA) is 113 Å². The van der Waals surface area contributed by atoms with Crippen molar-refractivity contribution in [2.24, 2.45) is 5.73 Å². The number of nitrogens with one attached hydrogen (secondary N) is 1. The molecular weight excluding hydrogens is 506 g/mol. The quantitative estimate of drug-likeness (QED) is 0.279. The van der Waals surface area contributed by atoms with Gasteiger partial charge in [-0.25, -0.2) is 4.79 Å². The number of hydrogen-bond acceptors (Lipinski definition) is 6. The van der Waals surface area contributed by atoms with Crippen LogP contribution in [0, 0.1) is 6.92 Å². The molecule has 0 bridgehead atoms. The van der Waals surface area contributed by atoms with E-state index >= 15 is 0 Å². The largest absolute Gasteiger partial charge is 0.488 e. The number of fused-ring (bicyclic) bond motifs is 3. The first-order valence-electron chi connectivity index (χ1n) is 13.2. The highest BCUT2D eigenvalue weighted by molar-refractivity contribution is 6.00. The van der Waals surface area contributed by atoms with Crippen LogP contribution in [0.3, 0.4) is 0 Å². The zero-order valence-corrected chi connectivity index (χ0v) is 22.1. The molecule has 1 unspecified atom stereocenters. The number of carbonyl (C=O) groups is 2. The van der Waals surface area contributed by atoms with E-state index in [1.807, 2.05) is 73.7 Å². The summed E-state index contributed by atoms with van der Waals surface area (Å²) in [5, 5.41) is 2.87. The number of aromatic nitrogens is 1. The van der Waals surface area contributed by atoms with Gasteiger partial charge < -0.3 is 19.9 Å². The number of anilines is 1. The van der Waals surface area contributed by atoms with Gasteiger partial charge in [-0.05, 0) is 64.1 Å². The van der Waals surface area contributed by atoms with Crippen LogP contribution in [0.4, 0.5) is 10.5 Å². The normalized spacial score (nSPS) is 15.3. The lowest BCUT2D eigenvalue weighted by Crippen LogP contribution is -2.16. The summed E-state index contributed by atoms with van der Waals surface area (Å²) in [6.07, 6.45) is 2.57. The molecule has 8 nitrogen and oxygen atoms in total. The molecule has 1 aliphatic carbocycles. The standard InChI is InChI=1S/C32H29N3O5/c1-19-24(8-5-9-28(19)35-32(37)39-17-20-6-3-2-4-7-20)27-16-34-30(31(33)36)26-15-21-14-22(10-11-25(21)29(26)27)40-23-12-13-38-18-23/h2-11,14,16,23H,12-13,15,17-18H2,1H3,(H2,33,36)(H,35,37). The van der Waals surface area contributed by atoms with Crippen molar-refractivity contribution in [2.45, 2.75) is 32.5 Å². The first-order chi connectivity index (χ1) is 19.5. The van der Waals surface area contributed by atoms with Gasteiger partial charge in [-0.3, -0.25) is 15.1 Å². The van der Waals surface area contributed by atoms with Crippen molar-refractivity contribution < 1.29 is 23.8 Å². The number of pyridine rings is 1. The third-order valence-electron chi connectivity index (χ3n) is 7.39. The van der Waals surface area contributed by atoms with Crippen LogP contribution in [-0.2, 0) is 22.5 Å². The molecule has 202 valence electrons. The molecule has 1 aromatic heterocycles. The van der Waals surface area contributed by atoms with Crippen LogP contribution in [0.5, 0.6) is 5.75 Å². The summed E-state index contributed by atoms with van der Waals surface area (Å²) >= 11 is 0. The third-order valence-corrected chi connectivity index (χ3v) is 7.39. The van der Waals surface area contributed by atoms with Crippen molar-refractivity contribution >= 4 is 17.7 Å². The smallest absolute Gasteiger partial charge is 0.411 e. The fraction of sp³-hybridized carbons (Fsp3) is 0.219. The fourth-order valence-electron chi connectivity index (χ4n) is 5.40. The van der Waals surface area contributed by atoms with Crippen LogP contribution in [0.15, 0.2) is 72.9 Å². The van der Waals surface area contributed by atoms with Gasteiger partial charge in [0.15, 0.2) is 0 Å². The average Bonchev–Trinajstić information content (AvgIpc) is 3.61. The van der Waals surface area contributed by atoms with Crippen LogP contribution in [0.1, 0.15) is 39.2 Å². The molecule has 0 saturated carbocycles. The van der Waals surface area contributed by atoms with Gasteiger partial charge in [-0.2, -0.15) is 0 Å². The maximum Gasteiger partial charge on any atom is 0.411 e. The first-order valence-corrected chi connectivity index (χ1v) is 13.2. The van der Waals surface area contributed by atoms with E-state index in [9.17, 15) is 9.59 Å². The molecule has 8 heteroatoms. The minimum Gasteiger partial charge on any atom is -0.488 e. The summed E-state index contributed by atoms with van der Waals surface area (Å²) < 4.78 is 17.0. The van der Waals surface area contributed by atoms with E-state index in [2.05, 4.69) is 10.3 Å². The highest BCUT2D eigenvalue weighted by atomic mass is 16.6. The van der Waals surface area contributed by atoms with Gasteiger partial charge in [0.1, 0.15) is 24.2 Å². The number of primary amides is 1. The Balaban J connectivity index is 1.32. The van der Waals surface area contributed by atoms with E-state index in [0.29, 0.717) is 25.3 Å². The summed E-state index contributed by atoms with van der Waals surface area (Å²) in [5.41, 5.74) is 13.9. The molecule has 1 aliphatic heterocycles. The zero-order chi connectivity index (χ0) is 27.6. The predicted octanol–water partition coefficient (Wildman–Crippen LogP) is 5.64. The lowest BCUT2D eigenvalue weighted by molar-refractivity contribution is 0.0994. The third kappa shape index (κ3) is 5.01. The number of nitrogens with zero attached hydrogens (tertiary/aromatic N) is 1. The van der Waals surface area contributed by atoms with Crippen LogP contribution < -0.4 is 15.8 Å². The van der Waals surface area contributed by atoms with Crippen molar-refractivity contribution in [3.8, 4) is 28.0 Å². The summed E-state index contributed by atoms with van der Waals surface area (Å²) in [6, 6.07) is 21.2. The predicted molar refractivity (Wildman–Crippen MR) is 151 cm³/mol. The molecule has 1 saturated heterocycles. The van der Waals surface area contributed by atoms with Gasteiger partial charge >= 0.3 is 6.09 Å². The molecule has 4 aromatic rings. The molecule has 0 radical (unpaired) electrons. The molecule has 2 aliphatic rings. The summed E-state index contributed by atoms with van der Waals surface area (Å²) in [6.45, 7) is 3.40. The van der Waals surface area contributed by atoms with E-state index in [1.165, 1.54) is 0 Å². The maximum atomic E-state index is 12.6. The van der Waals surface area contributed by atoms with Gasteiger partial charge in [-0.15, -0.1) is 0 Å². The van der Waals surface area contributed by atoms with Gasteiger partial charge in [0.25, 0.3) is 5.91 Å². The first kappa shape index (κ1) is 25.6. The molecule has 2 amide bonds. The molecule has 6 rings (SSSR count). The van der Waals surface area contributed by atoms with Crippen LogP contribution in [0.2, 0.25) is 0 Å². The second-order valence-corrected chi connectivity index (χ2v) is 10.0. The number of carbonyl (C=O) groups excluding carboxylic acids is 2. The van der Waals surface area contributed by atoms with E-state index in [1.54, 1.807) is 6.20 Å². The van der Waals surface area contributed by atoms with Crippen LogP contribution >= 0.6 is 0 Å². The Morgan fingerprint density at radius 2 is 1.90 bits per heavy atom. The summed E-state index contributed by atoms with van der Waals surface area (Å²) in [4.78, 5) is 29.4. The second-order valence-electron chi connectivity index (χ2n) is 10.0. The van der Waals surface area contributed by atoms with E-state index < -0.39 is 12.0 Å². The van der Waals surface area contributed by atoms with Crippen LogP contribution in [-0.4, -0.2) is 36.3 Å². The molecule has 1 fully saturated rings. The van der Waals surface area contributed by atoms with Gasteiger partial charge in [-0.1, -0.05) is 48.5 Å². The molecule has 2 heterocycles.